The van der Waals surface area contributed by atoms with E-state index in [0.29, 0.717) is 13.2 Å². The summed E-state index contributed by atoms with van der Waals surface area (Å²) >= 11 is 0. The maximum Gasteiger partial charge on any atom is 0.238 e. The van der Waals surface area contributed by atoms with Crippen LogP contribution < -0.4 is 10.6 Å². The fraction of sp³-hybridized carbons (Fsp3) is 0.909. The van der Waals surface area contributed by atoms with Gasteiger partial charge in [-0.3, -0.25) is 4.79 Å². The maximum absolute atomic E-state index is 11.7. The maximum atomic E-state index is 11.7. The van der Waals surface area contributed by atoms with Crippen LogP contribution in [0.2, 0.25) is 0 Å². The number of nitrogens with one attached hydrogen (secondary N) is 2. The first-order valence-electron chi connectivity index (χ1n) is 6.01. The number of amides is 1. The molecule has 1 aliphatic rings. The lowest BCUT2D eigenvalue weighted by Crippen LogP contribution is -2.54. The van der Waals surface area contributed by atoms with Crippen molar-refractivity contribution in [3.63, 3.8) is 0 Å². The van der Waals surface area contributed by atoms with Crippen LogP contribution in [0, 0.1) is 0 Å². The smallest absolute Gasteiger partial charge is 0.238 e. The van der Waals surface area contributed by atoms with Crippen LogP contribution in [0.4, 0.5) is 0 Å². The number of ether oxygens (including phenoxy) is 1. The van der Waals surface area contributed by atoms with Gasteiger partial charge in [0.05, 0.1) is 12.1 Å². The van der Waals surface area contributed by atoms with Crippen LogP contribution in [-0.2, 0) is 19.4 Å². The fourth-order valence-corrected chi connectivity index (χ4v) is 2.54. The van der Waals surface area contributed by atoms with Crippen molar-refractivity contribution in [3.8, 4) is 0 Å². The first kappa shape index (κ1) is 15.4. The van der Waals surface area contributed by atoms with E-state index in [9.17, 15) is 13.2 Å². The van der Waals surface area contributed by atoms with Gasteiger partial charge in [-0.2, -0.15) is 0 Å². The first-order chi connectivity index (χ1) is 8.31. The van der Waals surface area contributed by atoms with Gasteiger partial charge in [0.15, 0.2) is 9.84 Å². The van der Waals surface area contributed by atoms with Crippen LogP contribution in [0.25, 0.3) is 0 Å². The van der Waals surface area contributed by atoms with Crippen LogP contribution in [0.5, 0.6) is 0 Å². The zero-order valence-electron chi connectivity index (χ0n) is 11.2. The summed E-state index contributed by atoms with van der Waals surface area (Å²) in [5.41, 5.74) is -0.262. The van der Waals surface area contributed by atoms with Gasteiger partial charge in [-0.15, -0.1) is 0 Å². The molecule has 1 heterocycles. The number of rotatable bonds is 6. The number of hydrogen-bond donors (Lipinski definition) is 2. The monoisotopic (exact) mass is 278 g/mol. The zero-order valence-corrected chi connectivity index (χ0v) is 12.0. The normalized spacial score (nSPS) is 25.9. The van der Waals surface area contributed by atoms with Gasteiger partial charge < -0.3 is 15.4 Å². The molecule has 0 aliphatic carbocycles. The SMILES string of the molecule is COCC1(CNC(=O)C(C)S(C)(=O)=O)CCCN1. The van der Waals surface area contributed by atoms with E-state index in [1.54, 1.807) is 7.11 Å². The third kappa shape index (κ3) is 3.93. The Morgan fingerprint density at radius 1 is 1.56 bits per heavy atom. The quantitative estimate of drug-likeness (QED) is 0.671. The highest BCUT2D eigenvalue weighted by atomic mass is 32.2. The minimum absolute atomic E-state index is 0.262. The summed E-state index contributed by atoms with van der Waals surface area (Å²) in [5.74, 6) is -0.457. The third-order valence-corrected chi connectivity index (χ3v) is 4.86. The molecular formula is C11H22N2O4S. The fourth-order valence-electron chi connectivity index (χ4n) is 2.06. The van der Waals surface area contributed by atoms with Crippen LogP contribution in [-0.4, -0.2) is 58.2 Å². The van der Waals surface area contributed by atoms with Crippen LogP contribution in [0.1, 0.15) is 19.8 Å². The topological polar surface area (TPSA) is 84.5 Å². The molecule has 0 radical (unpaired) electrons. The van der Waals surface area contributed by atoms with Gasteiger partial charge >= 0.3 is 0 Å². The Hall–Kier alpha value is -0.660. The summed E-state index contributed by atoms with van der Waals surface area (Å²) in [5, 5.41) is 5.00. The Bertz CT molecular complexity index is 388. The second kappa shape index (κ2) is 5.99. The van der Waals surface area contributed by atoms with E-state index in [1.807, 2.05) is 0 Å². The lowest BCUT2D eigenvalue weighted by Gasteiger charge is -2.29. The van der Waals surface area contributed by atoms with Crippen molar-refractivity contribution in [2.45, 2.75) is 30.6 Å². The van der Waals surface area contributed by atoms with Crippen molar-refractivity contribution >= 4 is 15.7 Å². The molecule has 0 bridgehead atoms. The number of methoxy groups -OCH3 is 1. The van der Waals surface area contributed by atoms with Crippen molar-refractivity contribution < 1.29 is 17.9 Å². The number of hydrogen-bond acceptors (Lipinski definition) is 5. The standard InChI is InChI=1S/C11H22N2O4S/c1-9(18(3,15)16)10(14)12-7-11(8-17-2)5-4-6-13-11/h9,13H,4-8H2,1-3H3,(H,12,14). The summed E-state index contributed by atoms with van der Waals surface area (Å²) in [4.78, 5) is 11.7. The minimum Gasteiger partial charge on any atom is -0.383 e. The molecule has 106 valence electrons. The number of carbonyl (C=O) groups excluding carboxylic acids is 1. The molecule has 2 atom stereocenters. The van der Waals surface area contributed by atoms with Gasteiger partial charge in [-0.25, -0.2) is 8.42 Å². The molecule has 7 heteroatoms. The van der Waals surface area contributed by atoms with Gasteiger partial charge in [-0.05, 0) is 26.3 Å². The summed E-state index contributed by atoms with van der Waals surface area (Å²) in [6.45, 7) is 3.18. The number of sulfone groups is 1. The van der Waals surface area contributed by atoms with Crippen LogP contribution in [0.15, 0.2) is 0 Å². The van der Waals surface area contributed by atoms with E-state index in [2.05, 4.69) is 10.6 Å². The van der Waals surface area contributed by atoms with Crippen molar-refractivity contribution in [1.29, 1.82) is 0 Å². The molecule has 0 spiro atoms. The molecule has 6 nitrogen and oxygen atoms in total. The highest BCUT2D eigenvalue weighted by molar-refractivity contribution is 7.92. The molecule has 2 N–H and O–H groups in total. The summed E-state index contributed by atoms with van der Waals surface area (Å²) < 4.78 is 27.7. The molecule has 0 saturated carbocycles. The lowest BCUT2D eigenvalue weighted by atomic mass is 9.98. The Kier molecular flexibility index (Phi) is 5.12. The van der Waals surface area contributed by atoms with Gasteiger partial charge in [-0.1, -0.05) is 0 Å². The molecule has 0 aromatic heterocycles. The summed E-state index contributed by atoms with van der Waals surface area (Å²) in [7, 11) is -1.73. The highest BCUT2D eigenvalue weighted by Crippen LogP contribution is 2.18. The molecule has 0 aromatic carbocycles. The van der Waals surface area contributed by atoms with Crippen molar-refractivity contribution in [3.05, 3.63) is 0 Å². The Morgan fingerprint density at radius 3 is 2.67 bits per heavy atom. The van der Waals surface area contributed by atoms with Crippen LogP contribution in [0.3, 0.4) is 0 Å². The molecule has 1 rings (SSSR count). The van der Waals surface area contributed by atoms with Gasteiger partial charge in [0.25, 0.3) is 0 Å². The van der Waals surface area contributed by atoms with Crippen molar-refractivity contribution in [2.24, 2.45) is 0 Å². The molecule has 1 aliphatic heterocycles. The molecule has 1 amide bonds. The largest absolute Gasteiger partial charge is 0.383 e. The van der Waals surface area contributed by atoms with Crippen molar-refractivity contribution in [1.82, 2.24) is 10.6 Å². The minimum atomic E-state index is -3.34. The van der Waals surface area contributed by atoms with Gasteiger partial charge in [0, 0.05) is 19.9 Å². The second-order valence-electron chi connectivity index (χ2n) is 4.93. The van der Waals surface area contributed by atoms with E-state index < -0.39 is 21.0 Å². The molecule has 0 aromatic rings. The first-order valence-corrected chi connectivity index (χ1v) is 7.97. The average molecular weight is 278 g/mol. The third-order valence-electron chi connectivity index (χ3n) is 3.37. The Morgan fingerprint density at radius 2 is 2.22 bits per heavy atom. The zero-order chi connectivity index (χ0) is 13.8. The van der Waals surface area contributed by atoms with E-state index in [1.165, 1.54) is 6.92 Å². The molecule has 1 fully saturated rings. The Balaban J connectivity index is 2.55. The number of carbonyl (C=O) groups is 1. The van der Waals surface area contributed by atoms with Gasteiger partial charge in [0.1, 0.15) is 5.25 Å². The highest BCUT2D eigenvalue weighted by Gasteiger charge is 2.35. The molecular weight excluding hydrogens is 256 g/mol. The molecule has 2 unspecified atom stereocenters. The van der Waals surface area contributed by atoms with Crippen LogP contribution >= 0.6 is 0 Å². The van der Waals surface area contributed by atoms with Crippen molar-refractivity contribution in [2.75, 3.05) is 33.1 Å². The summed E-state index contributed by atoms with van der Waals surface area (Å²) in [6.07, 6.45) is 3.01. The average Bonchev–Trinajstić information content (AvgIpc) is 2.73. The lowest BCUT2D eigenvalue weighted by molar-refractivity contribution is -0.120. The van der Waals surface area contributed by atoms with E-state index in [0.717, 1.165) is 25.6 Å². The Labute approximate surface area is 108 Å². The summed E-state index contributed by atoms with van der Waals surface area (Å²) in [6, 6.07) is 0. The predicted molar refractivity (Wildman–Crippen MR) is 69.2 cm³/mol. The van der Waals surface area contributed by atoms with E-state index in [-0.39, 0.29) is 5.54 Å². The van der Waals surface area contributed by atoms with Gasteiger partial charge in [0.2, 0.25) is 5.91 Å². The molecule has 18 heavy (non-hydrogen) atoms. The van der Waals surface area contributed by atoms with E-state index >= 15 is 0 Å². The molecule has 1 saturated heterocycles. The predicted octanol–water partition coefficient (Wildman–Crippen LogP) is -0.696. The second-order valence-corrected chi connectivity index (χ2v) is 7.30. The van der Waals surface area contributed by atoms with E-state index in [4.69, 9.17) is 4.74 Å².